The van der Waals surface area contributed by atoms with Crippen molar-refractivity contribution in [3.05, 3.63) is 39.3 Å². The van der Waals surface area contributed by atoms with Gasteiger partial charge in [-0.15, -0.1) is 0 Å². The summed E-state index contributed by atoms with van der Waals surface area (Å²) in [5.74, 6) is 0.449. The molecule has 0 spiro atoms. The average molecular weight is 328 g/mol. The summed E-state index contributed by atoms with van der Waals surface area (Å²) in [4.78, 5) is 0. The first-order valence-corrected chi connectivity index (χ1v) is 6.33. The van der Waals surface area contributed by atoms with Crippen molar-refractivity contribution < 1.29 is 4.39 Å². The van der Waals surface area contributed by atoms with E-state index in [-0.39, 0.29) is 5.82 Å². The van der Waals surface area contributed by atoms with Crippen molar-refractivity contribution in [3.8, 4) is 11.3 Å². The van der Waals surface area contributed by atoms with E-state index in [1.807, 2.05) is 0 Å². The van der Waals surface area contributed by atoms with Crippen molar-refractivity contribution in [2.24, 2.45) is 0 Å². The highest BCUT2D eigenvalue weighted by Gasteiger charge is 2.29. The molecule has 3 rings (SSSR count). The maximum atomic E-state index is 12.8. The molecule has 0 unspecified atom stereocenters. The molecule has 1 heterocycles. The fourth-order valence-corrected chi connectivity index (χ4v) is 2.78. The third kappa shape index (κ3) is 1.75. The van der Waals surface area contributed by atoms with Crippen LogP contribution in [-0.4, -0.2) is 10.2 Å². The first-order chi connectivity index (χ1) is 7.75. The van der Waals surface area contributed by atoms with Crippen molar-refractivity contribution in [2.75, 3.05) is 0 Å². The first kappa shape index (κ1) is 10.3. The first-order valence-electron chi connectivity index (χ1n) is 5.25. The Labute approximate surface area is 106 Å². The summed E-state index contributed by atoms with van der Waals surface area (Å²) in [6.07, 6.45) is 2.50. The van der Waals surface area contributed by atoms with Crippen LogP contribution < -0.4 is 0 Å². The number of benzene rings is 1. The van der Waals surface area contributed by atoms with Crippen molar-refractivity contribution in [3.63, 3.8) is 0 Å². The van der Waals surface area contributed by atoms with Crippen LogP contribution in [0, 0.1) is 9.39 Å². The van der Waals surface area contributed by atoms with E-state index in [1.54, 1.807) is 12.1 Å². The molecule has 0 saturated heterocycles. The third-order valence-electron chi connectivity index (χ3n) is 2.84. The van der Waals surface area contributed by atoms with E-state index in [2.05, 4.69) is 32.8 Å². The van der Waals surface area contributed by atoms with Gasteiger partial charge in [-0.25, -0.2) is 4.39 Å². The van der Waals surface area contributed by atoms with Gasteiger partial charge in [0.25, 0.3) is 0 Å². The molecular formula is C12H10FIN2. The molecule has 1 fully saturated rings. The maximum Gasteiger partial charge on any atom is 0.123 e. The fraction of sp³-hybridized carbons (Fsp3) is 0.250. The van der Waals surface area contributed by atoms with Crippen LogP contribution in [0.4, 0.5) is 4.39 Å². The van der Waals surface area contributed by atoms with Crippen LogP contribution in [0.2, 0.25) is 0 Å². The molecule has 1 saturated carbocycles. The predicted octanol–water partition coefficient (Wildman–Crippen LogP) is 3.70. The Morgan fingerprint density at radius 1 is 1.25 bits per heavy atom. The summed E-state index contributed by atoms with van der Waals surface area (Å²) < 4.78 is 14.0. The standard InChI is InChI=1S/C12H10FIN2/c13-9-5-3-8(4-6-9)12-10(14)11(15-16-12)7-1-2-7/h3-7H,1-2H2,(H,15,16). The topological polar surface area (TPSA) is 28.7 Å². The van der Waals surface area contributed by atoms with Crippen LogP contribution >= 0.6 is 22.6 Å². The second-order valence-corrected chi connectivity index (χ2v) is 5.16. The van der Waals surface area contributed by atoms with Gasteiger partial charge in [0.15, 0.2) is 0 Å². The number of halogens is 2. The summed E-state index contributed by atoms with van der Waals surface area (Å²) >= 11 is 2.32. The van der Waals surface area contributed by atoms with Gasteiger partial charge in [-0.2, -0.15) is 5.10 Å². The fourth-order valence-electron chi connectivity index (χ4n) is 1.78. The van der Waals surface area contributed by atoms with Crippen LogP contribution in [0.3, 0.4) is 0 Å². The van der Waals surface area contributed by atoms with Crippen molar-refractivity contribution >= 4 is 22.6 Å². The molecule has 4 heteroatoms. The number of hydrogen-bond donors (Lipinski definition) is 1. The SMILES string of the molecule is Fc1ccc(-c2n[nH]c(C3CC3)c2I)cc1. The maximum absolute atomic E-state index is 12.8. The Bertz CT molecular complexity index is 514. The lowest BCUT2D eigenvalue weighted by Crippen LogP contribution is -1.83. The van der Waals surface area contributed by atoms with Crippen LogP contribution in [0.25, 0.3) is 11.3 Å². The van der Waals surface area contributed by atoms with E-state index >= 15 is 0 Å². The van der Waals surface area contributed by atoms with Crippen molar-refractivity contribution in [2.45, 2.75) is 18.8 Å². The Balaban J connectivity index is 2.02. The number of nitrogens with zero attached hydrogens (tertiary/aromatic N) is 1. The Morgan fingerprint density at radius 2 is 1.94 bits per heavy atom. The van der Waals surface area contributed by atoms with Crippen LogP contribution in [-0.2, 0) is 0 Å². The summed E-state index contributed by atoms with van der Waals surface area (Å²) in [7, 11) is 0. The third-order valence-corrected chi connectivity index (χ3v) is 3.93. The predicted molar refractivity (Wildman–Crippen MR) is 68.7 cm³/mol. The summed E-state index contributed by atoms with van der Waals surface area (Å²) in [6.45, 7) is 0. The quantitative estimate of drug-likeness (QED) is 0.837. The van der Waals surface area contributed by atoms with Gasteiger partial charge in [0.1, 0.15) is 11.5 Å². The zero-order valence-electron chi connectivity index (χ0n) is 8.50. The van der Waals surface area contributed by atoms with Crippen LogP contribution in [0.5, 0.6) is 0 Å². The van der Waals surface area contributed by atoms with E-state index in [4.69, 9.17) is 0 Å². The highest BCUT2D eigenvalue weighted by Crippen LogP contribution is 2.42. The minimum atomic E-state index is -0.211. The minimum absolute atomic E-state index is 0.211. The minimum Gasteiger partial charge on any atom is -0.281 e. The number of aromatic nitrogens is 2. The monoisotopic (exact) mass is 328 g/mol. The van der Waals surface area contributed by atoms with Gasteiger partial charge < -0.3 is 0 Å². The number of nitrogens with one attached hydrogen (secondary N) is 1. The number of hydrogen-bond acceptors (Lipinski definition) is 1. The highest BCUT2D eigenvalue weighted by atomic mass is 127. The molecule has 1 aliphatic carbocycles. The molecule has 0 aliphatic heterocycles. The molecule has 0 radical (unpaired) electrons. The van der Waals surface area contributed by atoms with Gasteiger partial charge >= 0.3 is 0 Å². The van der Waals surface area contributed by atoms with E-state index < -0.39 is 0 Å². The van der Waals surface area contributed by atoms with Crippen LogP contribution in [0.15, 0.2) is 24.3 Å². The largest absolute Gasteiger partial charge is 0.281 e. The highest BCUT2D eigenvalue weighted by molar-refractivity contribution is 14.1. The number of rotatable bonds is 2. The molecule has 1 aromatic heterocycles. The van der Waals surface area contributed by atoms with Crippen LogP contribution in [0.1, 0.15) is 24.5 Å². The van der Waals surface area contributed by atoms with Gasteiger partial charge in [0, 0.05) is 11.5 Å². The Hall–Kier alpha value is -0.910. The summed E-state index contributed by atoms with van der Waals surface area (Å²) in [5, 5.41) is 7.42. The second-order valence-electron chi connectivity index (χ2n) is 4.08. The lowest BCUT2D eigenvalue weighted by molar-refractivity contribution is 0.628. The number of H-pyrrole nitrogens is 1. The van der Waals surface area contributed by atoms with Gasteiger partial charge in [0.05, 0.1) is 9.26 Å². The molecular weight excluding hydrogens is 318 g/mol. The Morgan fingerprint density at radius 3 is 2.56 bits per heavy atom. The zero-order valence-corrected chi connectivity index (χ0v) is 10.7. The molecule has 0 amide bonds. The molecule has 0 atom stereocenters. The average Bonchev–Trinajstić information content (AvgIpc) is 3.05. The molecule has 2 nitrogen and oxygen atoms in total. The van der Waals surface area contributed by atoms with Gasteiger partial charge in [-0.1, -0.05) is 0 Å². The summed E-state index contributed by atoms with van der Waals surface area (Å²) in [5.41, 5.74) is 3.14. The lowest BCUT2D eigenvalue weighted by Gasteiger charge is -1.98. The number of aromatic amines is 1. The van der Waals surface area contributed by atoms with Crippen molar-refractivity contribution in [1.29, 1.82) is 0 Å². The molecule has 82 valence electrons. The van der Waals surface area contributed by atoms with Crippen molar-refractivity contribution in [1.82, 2.24) is 10.2 Å². The van der Waals surface area contributed by atoms with Gasteiger partial charge in [-0.3, -0.25) is 5.10 Å². The molecule has 1 N–H and O–H groups in total. The van der Waals surface area contributed by atoms with E-state index in [0.29, 0.717) is 5.92 Å². The molecule has 2 aromatic rings. The molecule has 1 aliphatic rings. The molecule has 16 heavy (non-hydrogen) atoms. The van der Waals surface area contributed by atoms with Gasteiger partial charge in [-0.05, 0) is 59.7 Å². The van der Waals surface area contributed by atoms with E-state index in [9.17, 15) is 4.39 Å². The smallest absolute Gasteiger partial charge is 0.123 e. The molecule has 0 bridgehead atoms. The lowest BCUT2D eigenvalue weighted by atomic mass is 10.1. The van der Waals surface area contributed by atoms with Gasteiger partial charge in [0.2, 0.25) is 0 Å². The second kappa shape index (κ2) is 3.84. The summed E-state index contributed by atoms with van der Waals surface area (Å²) in [6, 6.07) is 6.47. The zero-order chi connectivity index (χ0) is 11.1. The Kier molecular flexibility index (Phi) is 2.46. The normalized spacial score (nSPS) is 15.4. The molecule has 1 aromatic carbocycles. The van der Waals surface area contributed by atoms with E-state index in [1.165, 1.54) is 34.2 Å². The van der Waals surface area contributed by atoms with E-state index in [0.717, 1.165) is 11.3 Å².